The van der Waals surface area contributed by atoms with Crippen molar-refractivity contribution >= 4 is 11.9 Å². The van der Waals surface area contributed by atoms with E-state index in [1.165, 1.54) is 4.90 Å². The Balaban J connectivity index is 0.00000176. The number of aliphatic carboxylic acids is 1. The molecule has 2 aliphatic rings. The van der Waals surface area contributed by atoms with Crippen LogP contribution in [0.4, 0.5) is 0 Å². The Morgan fingerprint density at radius 2 is 1.95 bits per heavy atom. The number of nitrogens with zero attached hydrogens (tertiary/aromatic N) is 2. The summed E-state index contributed by atoms with van der Waals surface area (Å²) in [6, 6.07) is 2.80. The van der Waals surface area contributed by atoms with E-state index in [0.29, 0.717) is 24.4 Å². The summed E-state index contributed by atoms with van der Waals surface area (Å²) in [5.74, 6) is -1.01. The van der Waals surface area contributed by atoms with Crippen LogP contribution < -0.4 is 56.5 Å². The van der Waals surface area contributed by atoms with E-state index in [0.717, 1.165) is 37.1 Å². The number of carbonyl (C=O) groups excluding carboxylic acids is 2. The van der Waals surface area contributed by atoms with Crippen LogP contribution in [0.5, 0.6) is 0 Å². The van der Waals surface area contributed by atoms with E-state index in [4.69, 9.17) is 0 Å². The van der Waals surface area contributed by atoms with Crippen LogP contribution in [0.3, 0.4) is 0 Å². The number of aryl methyl sites for hydroxylation is 1. The number of hydrogen-bond acceptors (Lipinski definition) is 4. The van der Waals surface area contributed by atoms with Gasteiger partial charge in [0, 0.05) is 18.2 Å². The molecule has 0 unspecified atom stereocenters. The predicted molar refractivity (Wildman–Crippen MR) is 74.6 cm³/mol. The molecule has 0 bridgehead atoms. The van der Waals surface area contributed by atoms with Crippen molar-refractivity contribution in [3.05, 3.63) is 29.1 Å². The first-order valence-corrected chi connectivity index (χ1v) is 7.57. The molecule has 1 saturated carbocycles. The first kappa shape index (κ1) is 18.1. The maximum absolute atomic E-state index is 12.8. The van der Waals surface area contributed by atoms with Crippen LogP contribution in [0, 0.1) is 6.92 Å². The van der Waals surface area contributed by atoms with Gasteiger partial charge in [-0.25, -0.2) is 0 Å². The van der Waals surface area contributed by atoms with Crippen molar-refractivity contribution in [3.63, 3.8) is 0 Å². The second-order valence-corrected chi connectivity index (χ2v) is 5.99. The standard InChI is InChI=1S/C16H20N2O3.K/c1-10-5-8-12(14(17-10)11-6-7-11)15(19)18-9-3-2-4-13(18)16(20)21;/h5,8,11,13H,2-4,6-7,9H2,1H3,(H,20,21);/q;+1/p-1/t13-;/m1./s1. The van der Waals surface area contributed by atoms with Crippen molar-refractivity contribution in [3.8, 4) is 0 Å². The molecule has 3 rings (SSSR count). The smallest absolute Gasteiger partial charge is 0.548 e. The minimum Gasteiger partial charge on any atom is -0.548 e. The number of aromatic nitrogens is 1. The third-order valence-corrected chi connectivity index (χ3v) is 4.29. The van der Waals surface area contributed by atoms with Crippen molar-refractivity contribution in [2.75, 3.05) is 6.54 Å². The third kappa shape index (κ3) is 3.79. The number of likely N-dealkylation sites (tertiary alicyclic amines) is 1. The van der Waals surface area contributed by atoms with Crippen LogP contribution >= 0.6 is 0 Å². The van der Waals surface area contributed by atoms with E-state index in [-0.39, 0.29) is 57.3 Å². The minimum absolute atomic E-state index is 0. The maximum Gasteiger partial charge on any atom is 1.00 e. The molecule has 112 valence electrons. The van der Waals surface area contributed by atoms with E-state index >= 15 is 0 Å². The molecule has 1 aliphatic heterocycles. The SMILES string of the molecule is Cc1ccc(C(=O)N2CCCC[C@@H]2C(=O)[O-])c(C2CC2)n1.[K+]. The van der Waals surface area contributed by atoms with Gasteiger partial charge in [0.05, 0.1) is 23.3 Å². The van der Waals surface area contributed by atoms with E-state index in [1.807, 2.05) is 13.0 Å². The Morgan fingerprint density at radius 1 is 1.23 bits per heavy atom. The van der Waals surface area contributed by atoms with Crippen LogP contribution in [0.15, 0.2) is 12.1 Å². The molecule has 0 aromatic carbocycles. The van der Waals surface area contributed by atoms with Crippen LogP contribution in [-0.2, 0) is 4.79 Å². The van der Waals surface area contributed by atoms with Crippen molar-refractivity contribution in [2.45, 2.75) is 51.0 Å². The van der Waals surface area contributed by atoms with Crippen molar-refractivity contribution in [1.29, 1.82) is 0 Å². The summed E-state index contributed by atoms with van der Waals surface area (Å²) in [7, 11) is 0. The quantitative estimate of drug-likeness (QED) is 0.603. The summed E-state index contributed by atoms with van der Waals surface area (Å²) in [5, 5.41) is 11.3. The first-order valence-electron chi connectivity index (χ1n) is 7.57. The van der Waals surface area contributed by atoms with Crippen LogP contribution in [0.1, 0.15) is 59.8 Å². The van der Waals surface area contributed by atoms with Gasteiger partial charge < -0.3 is 14.8 Å². The van der Waals surface area contributed by atoms with Crippen molar-refractivity contribution in [1.82, 2.24) is 9.88 Å². The van der Waals surface area contributed by atoms with Gasteiger partial charge in [-0.15, -0.1) is 0 Å². The second-order valence-electron chi connectivity index (χ2n) is 5.99. The fourth-order valence-corrected chi connectivity index (χ4v) is 3.00. The van der Waals surface area contributed by atoms with Gasteiger partial charge in [0.1, 0.15) is 0 Å². The maximum atomic E-state index is 12.8. The molecule has 22 heavy (non-hydrogen) atoms. The van der Waals surface area contributed by atoms with Gasteiger partial charge in [-0.2, -0.15) is 0 Å². The molecule has 2 heterocycles. The number of amides is 1. The second kappa shape index (κ2) is 7.53. The van der Waals surface area contributed by atoms with Crippen molar-refractivity contribution in [2.24, 2.45) is 0 Å². The molecule has 1 atom stereocenters. The fourth-order valence-electron chi connectivity index (χ4n) is 3.00. The topological polar surface area (TPSA) is 73.3 Å². The van der Waals surface area contributed by atoms with E-state index in [9.17, 15) is 14.7 Å². The monoisotopic (exact) mass is 326 g/mol. The molecule has 0 N–H and O–H groups in total. The third-order valence-electron chi connectivity index (χ3n) is 4.29. The molecule has 1 aliphatic carbocycles. The van der Waals surface area contributed by atoms with Gasteiger partial charge in [-0.1, -0.05) is 0 Å². The summed E-state index contributed by atoms with van der Waals surface area (Å²) < 4.78 is 0. The van der Waals surface area contributed by atoms with Gasteiger partial charge in [-0.3, -0.25) is 9.78 Å². The number of carboxylic acids is 1. The Hall–Kier alpha value is -0.274. The van der Waals surface area contributed by atoms with Crippen molar-refractivity contribution < 1.29 is 66.1 Å². The predicted octanol–water partition coefficient (Wildman–Crippen LogP) is -1.98. The van der Waals surface area contributed by atoms with E-state index in [2.05, 4.69) is 4.98 Å². The molecule has 1 aromatic heterocycles. The van der Waals surface area contributed by atoms with Gasteiger partial charge >= 0.3 is 51.4 Å². The van der Waals surface area contributed by atoms with Gasteiger partial charge in [0.25, 0.3) is 5.91 Å². The largest absolute Gasteiger partial charge is 1.00 e. The van der Waals surface area contributed by atoms with Gasteiger partial charge in [0.2, 0.25) is 0 Å². The molecule has 1 saturated heterocycles. The molecule has 1 aromatic rings. The van der Waals surface area contributed by atoms with E-state index < -0.39 is 12.0 Å². The fraction of sp³-hybridized carbons (Fsp3) is 0.562. The number of rotatable bonds is 3. The van der Waals surface area contributed by atoms with Crippen LogP contribution in [-0.4, -0.2) is 34.3 Å². The molecule has 2 fully saturated rings. The molecule has 1 amide bonds. The number of pyridine rings is 1. The summed E-state index contributed by atoms with van der Waals surface area (Å²) in [6.07, 6.45) is 4.26. The average molecular weight is 326 g/mol. The Bertz CT molecular complexity index is 587. The molecule has 0 spiro atoms. The number of carboxylic acid groups (broad SMARTS) is 1. The normalized spacial score (nSPS) is 21.1. The first-order chi connectivity index (χ1) is 10.1. The summed E-state index contributed by atoms with van der Waals surface area (Å²) in [5.41, 5.74) is 2.29. The molecule has 6 heteroatoms. The minimum atomic E-state index is -1.16. The molecule has 5 nitrogen and oxygen atoms in total. The summed E-state index contributed by atoms with van der Waals surface area (Å²) in [6.45, 7) is 2.39. The zero-order valence-electron chi connectivity index (χ0n) is 13.2. The zero-order chi connectivity index (χ0) is 15.0. The number of piperidine rings is 1. The molecular formula is C16H19KN2O3. The Kier molecular flexibility index (Phi) is 6.19. The van der Waals surface area contributed by atoms with Crippen LogP contribution in [0.25, 0.3) is 0 Å². The van der Waals surface area contributed by atoms with E-state index in [1.54, 1.807) is 6.07 Å². The Labute approximate surface area is 172 Å². The average Bonchev–Trinajstić information content (AvgIpc) is 3.31. The summed E-state index contributed by atoms with van der Waals surface area (Å²) >= 11 is 0. The van der Waals surface area contributed by atoms with Crippen LogP contribution in [0.2, 0.25) is 0 Å². The van der Waals surface area contributed by atoms with Gasteiger partial charge in [0.15, 0.2) is 0 Å². The number of carbonyl (C=O) groups is 2. The summed E-state index contributed by atoms with van der Waals surface area (Å²) in [4.78, 5) is 30.0. The zero-order valence-corrected chi connectivity index (χ0v) is 16.3. The van der Waals surface area contributed by atoms with Gasteiger partial charge in [-0.05, 0) is 51.2 Å². The number of hydrogen-bond donors (Lipinski definition) is 0. The molecular weight excluding hydrogens is 307 g/mol. The Morgan fingerprint density at radius 3 is 2.59 bits per heavy atom. The molecule has 0 radical (unpaired) electrons.